The van der Waals surface area contributed by atoms with E-state index in [1.54, 1.807) is 0 Å². The van der Waals surface area contributed by atoms with E-state index in [9.17, 15) is 9.18 Å². The van der Waals surface area contributed by atoms with Gasteiger partial charge in [-0.1, -0.05) is 6.07 Å². The van der Waals surface area contributed by atoms with E-state index in [1.165, 1.54) is 19.2 Å². The molecule has 0 aliphatic carbocycles. The minimum atomic E-state index is -1.48. The lowest BCUT2D eigenvalue weighted by atomic mass is 10.2. The fraction of sp³-hybridized carbons (Fsp3) is 0.0909. The molecule has 1 aromatic carbocycles. The van der Waals surface area contributed by atoms with E-state index >= 15 is 0 Å². The number of carboxylic acids is 1. The van der Waals surface area contributed by atoms with Crippen LogP contribution in [0.1, 0.15) is 10.4 Å². The van der Waals surface area contributed by atoms with Gasteiger partial charge in [-0.05, 0) is 23.7 Å². The van der Waals surface area contributed by atoms with Crippen molar-refractivity contribution in [2.45, 2.75) is 0 Å². The maximum Gasteiger partial charge on any atom is 0.342 e. The van der Waals surface area contributed by atoms with E-state index < -0.39 is 17.3 Å². The molecular formula is C11H7ClFN3O4. The molecule has 0 amide bonds. The van der Waals surface area contributed by atoms with Gasteiger partial charge in [0.05, 0.1) is 7.11 Å². The fourth-order valence-electron chi connectivity index (χ4n) is 1.35. The smallest absolute Gasteiger partial charge is 0.342 e. The number of nitrogens with zero attached hydrogens (tertiary/aromatic N) is 3. The highest BCUT2D eigenvalue weighted by molar-refractivity contribution is 6.28. The van der Waals surface area contributed by atoms with Crippen LogP contribution in [0.15, 0.2) is 18.2 Å². The molecule has 7 nitrogen and oxygen atoms in total. The van der Waals surface area contributed by atoms with Crippen LogP contribution >= 0.6 is 11.6 Å². The molecule has 0 bridgehead atoms. The summed E-state index contributed by atoms with van der Waals surface area (Å²) in [7, 11) is 1.31. The van der Waals surface area contributed by atoms with Gasteiger partial charge in [0.15, 0.2) is 0 Å². The van der Waals surface area contributed by atoms with E-state index in [0.717, 1.165) is 6.07 Å². The lowest BCUT2D eigenvalue weighted by Gasteiger charge is -2.08. The van der Waals surface area contributed by atoms with Crippen LogP contribution in [0.4, 0.5) is 4.39 Å². The quantitative estimate of drug-likeness (QED) is 0.924. The zero-order chi connectivity index (χ0) is 14.7. The fourth-order valence-corrected chi connectivity index (χ4v) is 1.49. The van der Waals surface area contributed by atoms with Crippen molar-refractivity contribution in [2.75, 3.05) is 7.11 Å². The number of aromatic carboxylic acids is 1. The Morgan fingerprint density at radius 2 is 2.00 bits per heavy atom. The Labute approximate surface area is 117 Å². The molecule has 0 unspecified atom stereocenters. The number of carbonyl (C=O) groups is 1. The number of benzene rings is 1. The second-order valence-corrected chi connectivity index (χ2v) is 3.73. The third kappa shape index (κ3) is 2.91. The van der Waals surface area contributed by atoms with E-state index in [0.29, 0.717) is 0 Å². The van der Waals surface area contributed by atoms with Crippen molar-refractivity contribution in [1.29, 1.82) is 0 Å². The average molecular weight is 300 g/mol. The first kappa shape index (κ1) is 13.9. The summed E-state index contributed by atoms with van der Waals surface area (Å²) < 4.78 is 23.3. The second kappa shape index (κ2) is 5.66. The van der Waals surface area contributed by atoms with E-state index in [2.05, 4.69) is 15.0 Å². The summed E-state index contributed by atoms with van der Waals surface area (Å²) in [6.07, 6.45) is 0. The number of carboxylic acid groups (broad SMARTS) is 1. The third-order valence-electron chi connectivity index (χ3n) is 2.14. The molecule has 0 saturated heterocycles. The monoisotopic (exact) mass is 299 g/mol. The van der Waals surface area contributed by atoms with Crippen LogP contribution in [-0.4, -0.2) is 33.1 Å². The largest absolute Gasteiger partial charge is 0.477 e. The summed E-state index contributed by atoms with van der Waals surface area (Å²) in [5.41, 5.74) is -0.636. The number of methoxy groups -OCH3 is 1. The van der Waals surface area contributed by atoms with Crippen LogP contribution in [-0.2, 0) is 0 Å². The third-order valence-corrected chi connectivity index (χ3v) is 2.31. The predicted molar refractivity (Wildman–Crippen MR) is 64.8 cm³/mol. The standard InChI is InChI=1S/C11H7ClFN3O4/c1-19-10-14-9(12)15-11(16-10)20-6-4-2-3-5(13)7(6)8(17)18/h2-4H,1H3,(H,17,18). The molecule has 0 atom stereocenters. The van der Waals surface area contributed by atoms with Gasteiger partial charge >= 0.3 is 18.0 Å². The summed E-state index contributed by atoms with van der Waals surface area (Å²) in [5, 5.41) is 8.75. The van der Waals surface area contributed by atoms with Gasteiger partial charge in [0.25, 0.3) is 0 Å². The maximum absolute atomic E-state index is 13.5. The van der Waals surface area contributed by atoms with E-state index in [4.69, 9.17) is 26.2 Å². The minimum Gasteiger partial charge on any atom is -0.477 e. The molecule has 1 aromatic heterocycles. The molecule has 0 fully saturated rings. The van der Waals surface area contributed by atoms with Crippen molar-refractivity contribution in [1.82, 2.24) is 15.0 Å². The number of aromatic nitrogens is 3. The van der Waals surface area contributed by atoms with Crippen molar-refractivity contribution >= 4 is 17.6 Å². The summed E-state index contributed by atoms with van der Waals surface area (Å²) in [5.74, 6) is -2.69. The van der Waals surface area contributed by atoms with Crippen molar-refractivity contribution in [3.8, 4) is 17.8 Å². The van der Waals surface area contributed by atoms with Crippen LogP contribution in [0.5, 0.6) is 17.8 Å². The maximum atomic E-state index is 13.5. The molecule has 0 spiro atoms. The Balaban J connectivity index is 2.42. The van der Waals surface area contributed by atoms with Crippen LogP contribution in [0.2, 0.25) is 5.28 Å². The highest BCUT2D eigenvalue weighted by atomic mass is 35.5. The van der Waals surface area contributed by atoms with Crippen LogP contribution in [0.3, 0.4) is 0 Å². The van der Waals surface area contributed by atoms with Crippen LogP contribution in [0, 0.1) is 5.82 Å². The van der Waals surface area contributed by atoms with E-state index in [-0.39, 0.29) is 23.1 Å². The number of hydrogen-bond donors (Lipinski definition) is 1. The lowest BCUT2D eigenvalue weighted by molar-refractivity contribution is 0.0689. The summed E-state index contributed by atoms with van der Waals surface area (Å²) in [4.78, 5) is 22.0. The molecule has 2 rings (SSSR count). The number of rotatable bonds is 4. The van der Waals surface area contributed by atoms with Gasteiger partial charge in [-0.3, -0.25) is 0 Å². The zero-order valence-electron chi connectivity index (χ0n) is 10.0. The Hall–Kier alpha value is -2.48. The molecule has 0 radical (unpaired) electrons. The summed E-state index contributed by atoms with van der Waals surface area (Å²) in [6.45, 7) is 0. The second-order valence-electron chi connectivity index (χ2n) is 3.39. The van der Waals surface area contributed by atoms with Crippen molar-refractivity contribution < 1.29 is 23.8 Å². The van der Waals surface area contributed by atoms with Crippen molar-refractivity contribution in [3.05, 3.63) is 34.9 Å². The molecule has 0 aliphatic heterocycles. The first-order chi connectivity index (χ1) is 9.51. The molecule has 104 valence electrons. The highest BCUT2D eigenvalue weighted by Gasteiger charge is 2.19. The first-order valence-electron chi connectivity index (χ1n) is 5.16. The van der Waals surface area contributed by atoms with Gasteiger partial charge in [-0.25, -0.2) is 9.18 Å². The Kier molecular flexibility index (Phi) is 3.94. The molecule has 2 aromatic rings. The average Bonchev–Trinajstić information content (AvgIpc) is 2.37. The van der Waals surface area contributed by atoms with Crippen molar-refractivity contribution in [3.63, 3.8) is 0 Å². The van der Waals surface area contributed by atoms with Crippen molar-refractivity contribution in [2.24, 2.45) is 0 Å². The van der Waals surface area contributed by atoms with Crippen LogP contribution in [0.25, 0.3) is 0 Å². The SMILES string of the molecule is COc1nc(Cl)nc(Oc2cccc(F)c2C(=O)O)n1. The molecular weight excluding hydrogens is 293 g/mol. The van der Waals surface area contributed by atoms with Gasteiger partial charge in [-0.15, -0.1) is 4.98 Å². The Morgan fingerprint density at radius 3 is 2.65 bits per heavy atom. The zero-order valence-corrected chi connectivity index (χ0v) is 10.8. The van der Waals surface area contributed by atoms with Gasteiger partial charge in [-0.2, -0.15) is 9.97 Å². The predicted octanol–water partition coefficient (Wildman–Crippen LogP) is 2.16. The molecule has 0 saturated carbocycles. The number of hydrogen-bond acceptors (Lipinski definition) is 6. The Morgan fingerprint density at radius 1 is 1.30 bits per heavy atom. The highest BCUT2D eigenvalue weighted by Crippen LogP contribution is 2.26. The summed E-state index contributed by atoms with van der Waals surface area (Å²) >= 11 is 5.62. The van der Waals surface area contributed by atoms with Gasteiger partial charge in [0.1, 0.15) is 17.1 Å². The molecule has 0 aliphatic rings. The van der Waals surface area contributed by atoms with Gasteiger partial charge < -0.3 is 14.6 Å². The minimum absolute atomic E-state index is 0.117. The normalized spacial score (nSPS) is 10.2. The van der Waals surface area contributed by atoms with Gasteiger partial charge in [0, 0.05) is 0 Å². The van der Waals surface area contributed by atoms with E-state index in [1.807, 2.05) is 0 Å². The number of halogens is 2. The first-order valence-corrected chi connectivity index (χ1v) is 5.54. The number of ether oxygens (including phenoxy) is 2. The van der Waals surface area contributed by atoms with Gasteiger partial charge in [0.2, 0.25) is 5.28 Å². The van der Waals surface area contributed by atoms with Crippen LogP contribution < -0.4 is 9.47 Å². The summed E-state index contributed by atoms with van der Waals surface area (Å²) in [6, 6.07) is 3.12. The Bertz CT molecular complexity index is 668. The molecule has 1 N–H and O–H groups in total. The topological polar surface area (TPSA) is 94.4 Å². The lowest BCUT2D eigenvalue weighted by Crippen LogP contribution is -2.05. The molecule has 9 heteroatoms. The molecule has 20 heavy (non-hydrogen) atoms. The molecule has 1 heterocycles.